The van der Waals surface area contributed by atoms with E-state index in [1.807, 2.05) is 6.92 Å². The predicted octanol–water partition coefficient (Wildman–Crippen LogP) is 1.31. The Morgan fingerprint density at radius 3 is 2.81 bits per heavy atom. The number of hydrogen-bond donors (Lipinski definition) is 2. The van der Waals surface area contributed by atoms with Gasteiger partial charge in [0.2, 0.25) is 0 Å². The second-order valence-electron chi connectivity index (χ2n) is 3.32. The van der Waals surface area contributed by atoms with Crippen molar-refractivity contribution in [1.82, 2.24) is 5.32 Å². The van der Waals surface area contributed by atoms with Gasteiger partial charge in [0, 0.05) is 6.07 Å². The minimum absolute atomic E-state index is 0.0880. The molecule has 1 rings (SSSR count). The van der Waals surface area contributed by atoms with Gasteiger partial charge in [0.15, 0.2) is 11.6 Å². The Hall–Kier alpha value is -1.20. The molecule has 0 saturated carbocycles. The largest absolute Gasteiger partial charge is 0.489 e. The molecule has 0 fully saturated rings. The number of aliphatic hydroxyl groups is 1. The maximum absolute atomic E-state index is 13.1. The van der Waals surface area contributed by atoms with Gasteiger partial charge in [0.25, 0.3) is 0 Å². The zero-order chi connectivity index (χ0) is 12.0. The van der Waals surface area contributed by atoms with Gasteiger partial charge >= 0.3 is 0 Å². The van der Waals surface area contributed by atoms with Crippen LogP contribution in [0.15, 0.2) is 18.2 Å². The molecule has 0 saturated heterocycles. The summed E-state index contributed by atoms with van der Waals surface area (Å²) >= 11 is 0. The third kappa shape index (κ3) is 3.75. The molecular weight excluding hydrogens is 216 g/mol. The molecule has 0 aliphatic carbocycles. The summed E-state index contributed by atoms with van der Waals surface area (Å²) in [5.74, 6) is -1.31. The summed E-state index contributed by atoms with van der Waals surface area (Å²) in [6, 6.07) is 2.73. The fourth-order valence-electron chi connectivity index (χ4n) is 1.24. The van der Waals surface area contributed by atoms with Crippen molar-refractivity contribution < 1.29 is 18.6 Å². The zero-order valence-corrected chi connectivity index (χ0v) is 9.04. The second kappa shape index (κ2) is 6.40. The van der Waals surface area contributed by atoms with Crippen LogP contribution in [-0.4, -0.2) is 30.9 Å². The third-order valence-corrected chi connectivity index (χ3v) is 2.05. The van der Waals surface area contributed by atoms with Gasteiger partial charge in [-0.1, -0.05) is 6.92 Å². The number of hydrogen-bond acceptors (Lipinski definition) is 3. The van der Waals surface area contributed by atoms with Crippen molar-refractivity contribution in [2.45, 2.75) is 13.0 Å². The summed E-state index contributed by atoms with van der Waals surface area (Å²) in [5, 5.41) is 11.9. The SMILES string of the molecule is CCNC(CO)COc1cc(F)ccc1F. The molecule has 16 heavy (non-hydrogen) atoms. The Balaban J connectivity index is 2.55. The summed E-state index contributed by atoms with van der Waals surface area (Å²) in [4.78, 5) is 0. The van der Waals surface area contributed by atoms with Gasteiger partial charge in [-0.2, -0.15) is 0 Å². The number of aliphatic hydroxyl groups excluding tert-OH is 1. The number of nitrogens with one attached hydrogen (secondary N) is 1. The normalized spacial score (nSPS) is 12.5. The second-order valence-corrected chi connectivity index (χ2v) is 3.32. The molecule has 2 N–H and O–H groups in total. The molecule has 1 aromatic carbocycles. The van der Waals surface area contributed by atoms with E-state index in [0.29, 0.717) is 6.54 Å². The summed E-state index contributed by atoms with van der Waals surface area (Å²) in [6.07, 6.45) is 0. The van der Waals surface area contributed by atoms with Crippen LogP contribution >= 0.6 is 0 Å². The average Bonchev–Trinajstić information content (AvgIpc) is 2.28. The first-order valence-electron chi connectivity index (χ1n) is 5.09. The maximum Gasteiger partial charge on any atom is 0.165 e. The number of benzene rings is 1. The Bertz CT molecular complexity index is 334. The monoisotopic (exact) mass is 231 g/mol. The van der Waals surface area contributed by atoms with E-state index in [4.69, 9.17) is 9.84 Å². The predicted molar refractivity (Wildman–Crippen MR) is 56.4 cm³/mol. The van der Waals surface area contributed by atoms with Gasteiger partial charge in [0.05, 0.1) is 12.6 Å². The molecular formula is C11H15F2NO2. The van der Waals surface area contributed by atoms with E-state index in [-0.39, 0.29) is 25.0 Å². The first-order valence-corrected chi connectivity index (χ1v) is 5.09. The minimum Gasteiger partial charge on any atom is -0.489 e. The van der Waals surface area contributed by atoms with E-state index in [0.717, 1.165) is 18.2 Å². The Labute approximate surface area is 93.0 Å². The Kier molecular flexibility index (Phi) is 5.14. The zero-order valence-electron chi connectivity index (χ0n) is 9.04. The van der Waals surface area contributed by atoms with Crippen LogP contribution in [0.3, 0.4) is 0 Å². The van der Waals surface area contributed by atoms with Crippen LogP contribution in [-0.2, 0) is 0 Å². The van der Waals surface area contributed by atoms with E-state index in [1.165, 1.54) is 0 Å². The molecule has 3 nitrogen and oxygen atoms in total. The highest BCUT2D eigenvalue weighted by atomic mass is 19.1. The average molecular weight is 231 g/mol. The van der Waals surface area contributed by atoms with Crippen LogP contribution in [0.5, 0.6) is 5.75 Å². The summed E-state index contributed by atoms with van der Waals surface area (Å²) < 4.78 is 31.0. The van der Waals surface area contributed by atoms with Crippen LogP contribution in [0, 0.1) is 11.6 Å². The number of ether oxygens (including phenoxy) is 1. The Morgan fingerprint density at radius 2 is 2.19 bits per heavy atom. The molecule has 1 atom stereocenters. The van der Waals surface area contributed by atoms with Crippen LogP contribution in [0.4, 0.5) is 8.78 Å². The molecule has 0 aliphatic rings. The van der Waals surface area contributed by atoms with Gasteiger partial charge in [-0.05, 0) is 18.7 Å². The van der Waals surface area contributed by atoms with Crippen molar-refractivity contribution in [1.29, 1.82) is 0 Å². The van der Waals surface area contributed by atoms with Gasteiger partial charge in [-0.3, -0.25) is 0 Å². The topological polar surface area (TPSA) is 41.5 Å². The highest BCUT2D eigenvalue weighted by Gasteiger charge is 2.09. The smallest absolute Gasteiger partial charge is 0.165 e. The minimum atomic E-state index is -0.616. The fourth-order valence-corrected chi connectivity index (χ4v) is 1.24. The summed E-state index contributed by atoms with van der Waals surface area (Å²) in [7, 11) is 0. The molecule has 0 aliphatic heterocycles. The van der Waals surface area contributed by atoms with Gasteiger partial charge < -0.3 is 15.2 Å². The van der Waals surface area contributed by atoms with Crippen molar-refractivity contribution >= 4 is 0 Å². The lowest BCUT2D eigenvalue weighted by molar-refractivity contribution is 0.180. The lowest BCUT2D eigenvalue weighted by Gasteiger charge is -2.16. The van der Waals surface area contributed by atoms with Crippen molar-refractivity contribution in [3.63, 3.8) is 0 Å². The van der Waals surface area contributed by atoms with Crippen molar-refractivity contribution in [2.24, 2.45) is 0 Å². The fraction of sp³-hybridized carbons (Fsp3) is 0.455. The van der Waals surface area contributed by atoms with Crippen LogP contribution < -0.4 is 10.1 Å². The number of rotatable bonds is 6. The molecule has 1 unspecified atom stereocenters. The van der Waals surface area contributed by atoms with Crippen molar-refractivity contribution in [2.75, 3.05) is 19.8 Å². The van der Waals surface area contributed by atoms with Crippen LogP contribution in [0.2, 0.25) is 0 Å². The molecule has 0 amide bonds. The molecule has 0 bridgehead atoms. The van der Waals surface area contributed by atoms with Gasteiger partial charge in [-0.25, -0.2) is 8.78 Å². The van der Waals surface area contributed by atoms with Crippen LogP contribution in [0.25, 0.3) is 0 Å². The first-order chi connectivity index (χ1) is 7.67. The van der Waals surface area contributed by atoms with Crippen molar-refractivity contribution in [3.05, 3.63) is 29.8 Å². The molecule has 0 radical (unpaired) electrons. The molecule has 0 heterocycles. The summed E-state index contributed by atoms with van der Waals surface area (Å²) in [5.41, 5.74) is 0. The lowest BCUT2D eigenvalue weighted by Crippen LogP contribution is -2.37. The van der Waals surface area contributed by atoms with E-state index >= 15 is 0 Å². The summed E-state index contributed by atoms with van der Waals surface area (Å²) in [6.45, 7) is 2.52. The van der Waals surface area contributed by atoms with E-state index in [2.05, 4.69) is 5.32 Å². The highest BCUT2D eigenvalue weighted by Crippen LogP contribution is 2.17. The molecule has 5 heteroatoms. The Morgan fingerprint density at radius 1 is 1.44 bits per heavy atom. The molecule has 1 aromatic rings. The van der Waals surface area contributed by atoms with Crippen molar-refractivity contribution in [3.8, 4) is 5.75 Å². The number of likely N-dealkylation sites (N-methyl/N-ethyl adjacent to an activating group) is 1. The first kappa shape index (κ1) is 12.9. The lowest BCUT2D eigenvalue weighted by atomic mass is 10.3. The quantitative estimate of drug-likeness (QED) is 0.775. The molecule has 0 spiro atoms. The van der Waals surface area contributed by atoms with E-state index < -0.39 is 11.6 Å². The maximum atomic E-state index is 13.1. The van der Waals surface area contributed by atoms with E-state index in [1.54, 1.807) is 0 Å². The van der Waals surface area contributed by atoms with E-state index in [9.17, 15) is 8.78 Å². The highest BCUT2D eigenvalue weighted by molar-refractivity contribution is 5.24. The molecule has 90 valence electrons. The third-order valence-electron chi connectivity index (χ3n) is 2.05. The van der Waals surface area contributed by atoms with Gasteiger partial charge in [0.1, 0.15) is 12.4 Å². The number of halogens is 2. The molecule has 0 aromatic heterocycles. The standard InChI is InChI=1S/C11H15F2NO2/c1-2-14-9(6-15)7-16-11-5-8(12)3-4-10(11)13/h3-5,9,14-15H,2,6-7H2,1H3. The van der Waals surface area contributed by atoms with Gasteiger partial charge in [-0.15, -0.1) is 0 Å². The van der Waals surface area contributed by atoms with Crippen LogP contribution in [0.1, 0.15) is 6.92 Å².